The van der Waals surface area contributed by atoms with Gasteiger partial charge in [0.1, 0.15) is 6.04 Å². The van der Waals surface area contributed by atoms with Gasteiger partial charge in [0.05, 0.1) is 0 Å². The van der Waals surface area contributed by atoms with Crippen molar-refractivity contribution in [1.29, 1.82) is 0 Å². The van der Waals surface area contributed by atoms with Gasteiger partial charge in [-0.25, -0.2) is 0 Å². The van der Waals surface area contributed by atoms with Gasteiger partial charge in [0, 0.05) is 30.9 Å². The van der Waals surface area contributed by atoms with Gasteiger partial charge in [-0.15, -0.1) is 11.3 Å². The van der Waals surface area contributed by atoms with Gasteiger partial charge in [0.15, 0.2) is 0 Å². The van der Waals surface area contributed by atoms with Crippen LogP contribution in [0.25, 0.3) is 0 Å². The van der Waals surface area contributed by atoms with E-state index in [1.54, 1.807) is 0 Å². The largest absolute Gasteiger partial charge is 0.354 e. The van der Waals surface area contributed by atoms with Crippen molar-refractivity contribution in [2.45, 2.75) is 31.7 Å². The minimum Gasteiger partial charge on any atom is -0.354 e. The second kappa shape index (κ2) is 7.40. The number of carbonyl (C=O) groups excluding carboxylic acids is 2. The van der Waals surface area contributed by atoms with E-state index in [1.807, 2.05) is 22.4 Å². The molecule has 5 nitrogen and oxygen atoms in total. The standard InChI is InChI=1S/C14H21N3O2S/c15-13(11-5-4-10-20-11)14(19)16-7-6-12(18)17-8-2-1-3-9-17/h4-5,10,13H,1-3,6-9,15H2,(H,16,19). The molecule has 1 aliphatic heterocycles. The molecule has 6 heteroatoms. The SMILES string of the molecule is NC(C(=O)NCCC(=O)N1CCCCC1)c1cccs1. The van der Waals surface area contributed by atoms with E-state index >= 15 is 0 Å². The first-order chi connectivity index (χ1) is 9.68. The number of thiophene rings is 1. The number of nitrogens with zero attached hydrogens (tertiary/aromatic N) is 1. The molecule has 3 N–H and O–H groups in total. The predicted molar refractivity (Wildman–Crippen MR) is 79.3 cm³/mol. The van der Waals surface area contributed by atoms with E-state index in [-0.39, 0.29) is 11.8 Å². The highest BCUT2D eigenvalue weighted by Crippen LogP contribution is 2.16. The van der Waals surface area contributed by atoms with Crippen molar-refractivity contribution in [3.05, 3.63) is 22.4 Å². The molecule has 20 heavy (non-hydrogen) atoms. The normalized spacial score (nSPS) is 16.8. The molecule has 1 atom stereocenters. The summed E-state index contributed by atoms with van der Waals surface area (Å²) in [4.78, 5) is 26.5. The fourth-order valence-electron chi connectivity index (χ4n) is 2.30. The van der Waals surface area contributed by atoms with Crippen LogP contribution in [0.5, 0.6) is 0 Å². The predicted octanol–water partition coefficient (Wildman–Crippen LogP) is 1.27. The summed E-state index contributed by atoms with van der Waals surface area (Å²) in [6.45, 7) is 2.05. The monoisotopic (exact) mass is 295 g/mol. The number of rotatable bonds is 5. The molecule has 1 aliphatic rings. The summed E-state index contributed by atoms with van der Waals surface area (Å²) in [5, 5.41) is 4.63. The first kappa shape index (κ1) is 15.0. The number of amides is 2. The van der Waals surface area contributed by atoms with Crippen LogP contribution < -0.4 is 11.1 Å². The highest BCUT2D eigenvalue weighted by molar-refractivity contribution is 7.10. The molecule has 0 spiro atoms. The van der Waals surface area contributed by atoms with Crippen molar-refractivity contribution in [3.63, 3.8) is 0 Å². The van der Waals surface area contributed by atoms with Crippen molar-refractivity contribution in [3.8, 4) is 0 Å². The quantitative estimate of drug-likeness (QED) is 0.859. The lowest BCUT2D eigenvalue weighted by Crippen LogP contribution is -2.39. The number of likely N-dealkylation sites (tertiary alicyclic amines) is 1. The molecule has 2 amide bonds. The van der Waals surface area contributed by atoms with Crippen LogP contribution in [0.4, 0.5) is 0 Å². The molecule has 1 aromatic rings. The number of carbonyl (C=O) groups is 2. The first-order valence-corrected chi connectivity index (χ1v) is 7.91. The van der Waals surface area contributed by atoms with Crippen LogP contribution in [0.15, 0.2) is 17.5 Å². The van der Waals surface area contributed by atoms with E-state index in [2.05, 4.69) is 5.32 Å². The van der Waals surface area contributed by atoms with Gasteiger partial charge in [-0.3, -0.25) is 9.59 Å². The number of hydrogen-bond donors (Lipinski definition) is 2. The Labute approximate surface area is 123 Å². The lowest BCUT2D eigenvalue weighted by atomic mass is 10.1. The van der Waals surface area contributed by atoms with E-state index in [0.717, 1.165) is 30.8 Å². The average molecular weight is 295 g/mol. The molecule has 0 aromatic carbocycles. The summed E-state index contributed by atoms with van der Waals surface area (Å²) >= 11 is 1.46. The van der Waals surface area contributed by atoms with E-state index < -0.39 is 6.04 Å². The molecule has 1 saturated heterocycles. The Morgan fingerprint density at radius 2 is 2.10 bits per heavy atom. The maximum atomic E-state index is 11.9. The van der Waals surface area contributed by atoms with Crippen LogP contribution in [0, 0.1) is 0 Å². The molecule has 2 rings (SSSR count). The van der Waals surface area contributed by atoms with Crippen LogP contribution >= 0.6 is 11.3 Å². The van der Waals surface area contributed by atoms with Gasteiger partial charge < -0.3 is 16.0 Å². The minimum atomic E-state index is -0.639. The smallest absolute Gasteiger partial charge is 0.242 e. The van der Waals surface area contributed by atoms with Crippen molar-refractivity contribution >= 4 is 23.2 Å². The van der Waals surface area contributed by atoms with Gasteiger partial charge in [-0.1, -0.05) is 6.07 Å². The maximum absolute atomic E-state index is 11.9. The summed E-state index contributed by atoms with van der Waals surface area (Å²) in [5.74, 6) is -0.103. The van der Waals surface area contributed by atoms with Crippen molar-refractivity contribution in [2.75, 3.05) is 19.6 Å². The lowest BCUT2D eigenvalue weighted by molar-refractivity contribution is -0.132. The number of piperidine rings is 1. The van der Waals surface area contributed by atoms with Crippen molar-refractivity contribution < 1.29 is 9.59 Å². The Balaban J connectivity index is 1.69. The zero-order valence-electron chi connectivity index (χ0n) is 11.5. The second-order valence-corrected chi connectivity index (χ2v) is 5.95. The molecule has 0 bridgehead atoms. The van der Waals surface area contributed by atoms with E-state index in [4.69, 9.17) is 5.73 Å². The maximum Gasteiger partial charge on any atom is 0.242 e. The van der Waals surface area contributed by atoms with E-state index in [9.17, 15) is 9.59 Å². The average Bonchev–Trinajstić information content (AvgIpc) is 3.01. The van der Waals surface area contributed by atoms with Crippen LogP contribution in [0.3, 0.4) is 0 Å². The van der Waals surface area contributed by atoms with Gasteiger partial charge in [-0.2, -0.15) is 0 Å². The molecule has 0 aliphatic carbocycles. The Hall–Kier alpha value is -1.40. The lowest BCUT2D eigenvalue weighted by Gasteiger charge is -2.26. The molecule has 1 fully saturated rings. The molecular formula is C14H21N3O2S. The molecular weight excluding hydrogens is 274 g/mol. The first-order valence-electron chi connectivity index (χ1n) is 7.03. The molecule has 1 unspecified atom stereocenters. The summed E-state index contributed by atoms with van der Waals surface area (Å²) in [6.07, 6.45) is 3.72. The van der Waals surface area contributed by atoms with Crippen LogP contribution in [0.1, 0.15) is 36.6 Å². The van der Waals surface area contributed by atoms with Crippen LogP contribution in [0.2, 0.25) is 0 Å². The molecule has 2 heterocycles. The van der Waals surface area contributed by atoms with Gasteiger partial charge >= 0.3 is 0 Å². The highest BCUT2D eigenvalue weighted by Gasteiger charge is 2.18. The summed E-state index contributed by atoms with van der Waals surface area (Å²) in [6, 6.07) is 3.07. The van der Waals surface area contributed by atoms with Gasteiger partial charge in [0.2, 0.25) is 11.8 Å². The Bertz CT molecular complexity index is 441. The molecule has 0 radical (unpaired) electrons. The molecule has 0 saturated carbocycles. The third kappa shape index (κ3) is 4.05. The summed E-state index contributed by atoms with van der Waals surface area (Å²) < 4.78 is 0. The zero-order chi connectivity index (χ0) is 14.4. The topological polar surface area (TPSA) is 75.4 Å². The van der Waals surface area contributed by atoms with Crippen molar-refractivity contribution in [1.82, 2.24) is 10.2 Å². The highest BCUT2D eigenvalue weighted by atomic mass is 32.1. The Morgan fingerprint density at radius 1 is 1.35 bits per heavy atom. The van der Waals surface area contributed by atoms with E-state index in [1.165, 1.54) is 17.8 Å². The third-order valence-corrected chi connectivity index (χ3v) is 4.43. The number of nitrogens with one attached hydrogen (secondary N) is 1. The second-order valence-electron chi connectivity index (χ2n) is 4.98. The fourth-order valence-corrected chi connectivity index (χ4v) is 3.03. The van der Waals surface area contributed by atoms with Gasteiger partial charge in [0.25, 0.3) is 0 Å². The molecule has 110 valence electrons. The fraction of sp³-hybridized carbons (Fsp3) is 0.571. The molecule has 1 aromatic heterocycles. The minimum absolute atomic E-state index is 0.120. The zero-order valence-corrected chi connectivity index (χ0v) is 12.3. The summed E-state index contributed by atoms with van der Waals surface area (Å²) in [5.41, 5.74) is 5.85. The number of nitrogens with two attached hydrogens (primary N) is 1. The van der Waals surface area contributed by atoms with Gasteiger partial charge in [-0.05, 0) is 30.7 Å². The van der Waals surface area contributed by atoms with E-state index in [0.29, 0.717) is 13.0 Å². The Kier molecular flexibility index (Phi) is 5.55. The third-order valence-electron chi connectivity index (χ3n) is 3.48. The Morgan fingerprint density at radius 3 is 2.75 bits per heavy atom. The van der Waals surface area contributed by atoms with Crippen molar-refractivity contribution in [2.24, 2.45) is 5.73 Å². The van der Waals surface area contributed by atoms with Crippen LogP contribution in [-0.2, 0) is 9.59 Å². The van der Waals surface area contributed by atoms with Crippen LogP contribution in [-0.4, -0.2) is 36.3 Å². The number of hydrogen-bond acceptors (Lipinski definition) is 4. The summed E-state index contributed by atoms with van der Waals surface area (Å²) in [7, 11) is 0.